The fourth-order valence-electron chi connectivity index (χ4n) is 2.34. The number of aliphatic hydroxyl groups is 1. The minimum Gasteiger partial charge on any atom is -0.388 e. The molecule has 112 valence electrons. The smallest absolute Gasteiger partial charge is 0.188 e. The van der Waals surface area contributed by atoms with Gasteiger partial charge in [-0.2, -0.15) is 0 Å². The minimum absolute atomic E-state index is 0. The molecule has 1 heterocycles. The van der Waals surface area contributed by atoms with Crippen molar-refractivity contribution in [3.63, 3.8) is 0 Å². The van der Waals surface area contributed by atoms with Crippen molar-refractivity contribution in [2.24, 2.45) is 10.7 Å². The SMILES string of the molecule is I.NC(=NCC1(O)CCCC1)NCCc1ccccn1. The van der Waals surface area contributed by atoms with Gasteiger partial charge in [0.2, 0.25) is 0 Å². The first-order valence-electron chi connectivity index (χ1n) is 6.84. The Kier molecular flexibility index (Phi) is 7.22. The van der Waals surface area contributed by atoms with Crippen LogP contribution >= 0.6 is 24.0 Å². The van der Waals surface area contributed by atoms with Crippen LogP contribution in [0.4, 0.5) is 0 Å². The first-order valence-corrected chi connectivity index (χ1v) is 6.84. The third-order valence-corrected chi connectivity index (χ3v) is 3.49. The predicted octanol–water partition coefficient (Wildman–Crippen LogP) is 1.45. The van der Waals surface area contributed by atoms with Gasteiger partial charge in [0, 0.05) is 24.9 Å². The molecule has 5 nitrogen and oxygen atoms in total. The van der Waals surface area contributed by atoms with E-state index in [1.807, 2.05) is 18.2 Å². The maximum atomic E-state index is 10.1. The number of halogens is 1. The molecule has 1 aromatic rings. The van der Waals surface area contributed by atoms with Crippen molar-refractivity contribution < 1.29 is 5.11 Å². The highest BCUT2D eigenvalue weighted by Crippen LogP contribution is 2.29. The van der Waals surface area contributed by atoms with Gasteiger partial charge in [0.05, 0.1) is 12.1 Å². The van der Waals surface area contributed by atoms with Crippen LogP contribution in [0.5, 0.6) is 0 Å². The monoisotopic (exact) mass is 390 g/mol. The summed E-state index contributed by atoms with van der Waals surface area (Å²) in [6.45, 7) is 1.10. The van der Waals surface area contributed by atoms with Gasteiger partial charge in [-0.15, -0.1) is 24.0 Å². The lowest BCUT2D eigenvalue weighted by Crippen LogP contribution is -2.36. The summed E-state index contributed by atoms with van der Waals surface area (Å²) in [4.78, 5) is 8.46. The largest absolute Gasteiger partial charge is 0.388 e. The van der Waals surface area contributed by atoms with Gasteiger partial charge >= 0.3 is 0 Å². The van der Waals surface area contributed by atoms with Gasteiger partial charge in [-0.1, -0.05) is 18.9 Å². The number of aliphatic imine (C=N–C) groups is 1. The molecular formula is C14H23IN4O. The first-order chi connectivity index (χ1) is 9.18. The fraction of sp³-hybridized carbons (Fsp3) is 0.571. The van der Waals surface area contributed by atoms with E-state index in [9.17, 15) is 5.11 Å². The lowest BCUT2D eigenvalue weighted by molar-refractivity contribution is 0.0575. The van der Waals surface area contributed by atoms with Gasteiger partial charge in [0.1, 0.15) is 0 Å². The number of nitrogens with one attached hydrogen (secondary N) is 1. The van der Waals surface area contributed by atoms with E-state index in [0.717, 1.165) is 37.8 Å². The molecule has 2 rings (SSSR count). The van der Waals surface area contributed by atoms with E-state index in [2.05, 4.69) is 15.3 Å². The molecule has 0 unspecified atom stereocenters. The Bertz CT molecular complexity index is 418. The standard InChI is InChI=1S/C14H22N4O.HI/c15-13(18-11-14(19)7-2-3-8-14)17-10-6-12-5-1-4-9-16-12;/h1,4-5,9,19H,2-3,6-8,10-11H2,(H3,15,17,18);1H. The average Bonchev–Trinajstić information content (AvgIpc) is 2.85. The molecule has 4 N–H and O–H groups in total. The molecule has 1 aromatic heterocycles. The number of hydrogen-bond donors (Lipinski definition) is 3. The van der Waals surface area contributed by atoms with Crippen molar-refractivity contribution in [1.29, 1.82) is 0 Å². The highest BCUT2D eigenvalue weighted by molar-refractivity contribution is 14.0. The van der Waals surface area contributed by atoms with Crippen molar-refractivity contribution in [2.75, 3.05) is 13.1 Å². The van der Waals surface area contributed by atoms with E-state index in [0.29, 0.717) is 19.0 Å². The van der Waals surface area contributed by atoms with Crippen LogP contribution in [0.2, 0.25) is 0 Å². The molecule has 1 saturated carbocycles. The molecule has 1 fully saturated rings. The van der Waals surface area contributed by atoms with Crippen LogP contribution in [-0.4, -0.2) is 34.7 Å². The number of nitrogens with two attached hydrogens (primary N) is 1. The molecule has 20 heavy (non-hydrogen) atoms. The van der Waals surface area contributed by atoms with Gasteiger partial charge in [-0.05, 0) is 25.0 Å². The maximum Gasteiger partial charge on any atom is 0.188 e. The van der Waals surface area contributed by atoms with E-state index < -0.39 is 5.60 Å². The van der Waals surface area contributed by atoms with Crippen LogP contribution in [0.25, 0.3) is 0 Å². The van der Waals surface area contributed by atoms with E-state index in [-0.39, 0.29) is 24.0 Å². The number of guanidine groups is 1. The zero-order valence-electron chi connectivity index (χ0n) is 11.6. The summed E-state index contributed by atoms with van der Waals surface area (Å²) in [6.07, 6.45) is 6.41. The Balaban J connectivity index is 0.00000200. The summed E-state index contributed by atoms with van der Waals surface area (Å²) in [5, 5.41) is 13.2. The fourth-order valence-corrected chi connectivity index (χ4v) is 2.34. The second kappa shape index (κ2) is 8.41. The zero-order valence-corrected chi connectivity index (χ0v) is 13.9. The topological polar surface area (TPSA) is 83.5 Å². The summed E-state index contributed by atoms with van der Waals surface area (Å²) < 4.78 is 0. The number of rotatable bonds is 5. The van der Waals surface area contributed by atoms with Crippen molar-refractivity contribution in [3.05, 3.63) is 30.1 Å². The van der Waals surface area contributed by atoms with Crippen LogP contribution in [0.3, 0.4) is 0 Å². The lowest BCUT2D eigenvalue weighted by atomic mass is 10.0. The van der Waals surface area contributed by atoms with E-state index in [1.165, 1.54) is 0 Å². The van der Waals surface area contributed by atoms with Crippen molar-refractivity contribution in [3.8, 4) is 0 Å². The Morgan fingerprint density at radius 3 is 2.80 bits per heavy atom. The second-order valence-corrected chi connectivity index (χ2v) is 5.13. The molecule has 0 aliphatic heterocycles. The zero-order chi connectivity index (χ0) is 13.6. The van der Waals surface area contributed by atoms with Crippen molar-refractivity contribution >= 4 is 29.9 Å². The molecule has 0 bridgehead atoms. The van der Waals surface area contributed by atoms with E-state index >= 15 is 0 Å². The summed E-state index contributed by atoms with van der Waals surface area (Å²) in [5.74, 6) is 0.399. The summed E-state index contributed by atoms with van der Waals surface area (Å²) in [5.41, 5.74) is 6.18. The van der Waals surface area contributed by atoms with Crippen LogP contribution in [0, 0.1) is 0 Å². The molecule has 6 heteroatoms. The predicted molar refractivity (Wildman–Crippen MR) is 91.3 cm³/mol. The summed E-state index contributed by atoms with van der Waals surface area (Å²) >= 11 is 0. The van der Waals surface area contributed by atoms with Crippen LogP contribution in [0.1, 0.15) is 31.4 Å². The van der Waals surface area contributed by atoms with Gasteiger partial charge < -0.3 is 16.2 Å². The normalized spacial score (nSPS) is 17.6. The number of pyridine rings is 1. The lowest BCUT2D eigenvalue weighted by Gasteiger charge is -2.19. The molecule has 0 amide bonds. The molecule has 0 atom stereocenters. The highest BCUT2D eigenvalue weighted by Gasteiger charge is 2.30. The van der Waals surface area contributed by atoms with Gasteiger partial charge in [0.15, 0.2) is 5.96 Å². The average molecular weight is 390 g/mol. The number of hydrogen-bond acceptors (Lipinski definition) is 3. The number of aromatic nitrogens is 1. The van der Waals surface area contributed by atoms with Gasteiger partial charge in [-0.25, -0.2) is 0 Å². The maximum absolute atomic E-state index is 10.1. The first kappa shape index (κ1) is 17.2. The van der Waals surface area contributed by atoms with Gasteiger partial charge in [-0.3, -0.25) is 9.98 Å². The van der Waals surface area contributed by atoms with E-state index in [4.69, 9.17) is 5.73 Å². The second-order valence-electron chi connectivity index (χ2n) is 5.13. The van der Waals surface area contributed by atoms with Crippen molar-refractivity contribution in [2.45, 2.75) is 37.7 Å². The molecule has 0 radical (unpaired) electrons. The Labute approximate surface area is 137 Å². The summed E-state index contributed by atoms with van der Waals surface area (Å²) in [7, 11) is 0. The van der Waals surface area contributed by atoms with Crippen molar-refractivity contribution in [1.82, 2.24) is 10.3 Å². The molecular weight excluding hydrogens is 367 g/mol. The summed E-state index contributed by atoms with van der Waals surface area (Å²) in [6, 6.07) is 5.85. The molecule has 1 aliphatic carbocycles. The molecule has 0 saturated heterocycles. The van der Waals surface area contributed by atoms with Crippen LogP contribution in [0.15, 0.2) is 29.4 Å². The molecule has 1 aliphatic rings. The Hall–Kier alpha value is -0.890. The Morgan fingerprint density at radius 1 is 1.40 bits per heavy atom. The van der Waals surface area contributed by atoms with E-state index in [1.54, 1.807) is 6.20 Å². The number of nitrogens with zero attached hydrogens (tertiary/aromatic N) is 2. The van der Waals surface area contributed by atoms with Crippen LogP contribution in [-0.2, 0) is 6.42 Å². The Morgan fingerprint density at radius 2 is 2.15 bits per heavy atom. The highest BCUT2D eigenvalue weighted by atomic mass is 127. The molecule has 0 spiro atoms. The third-order valence-electron chi connectivity index (χ3n) is 3.49. The molecule has 0 aromatic carbocycles. The minimum atomic E-state index is -0.632. The van der Waals surface area contributed by atoms with Gasteiger partial charge in [0.25, 0.3) is 0 Å². The quantitative estimate of drug-likeness (QED) is 0.404. The third kappa shape index (κ3) is 5.62. The van der Waals surface area contributed by atoms with Crippen LogP contribution < -0.4 is 11.1 Å².